The molecule has 6 nitrogen and oxygen atoms in total. The molecule has 0 fully saturated rings. The minimum atomic E-state index is -0.683. The summed E-state index contributed by atoms with van der Waals surface area (Å²) >= 11 is 17.6. The molecular formula is C11H10Cl3N3O3. The Labute approximate surface area is 129 Å². The van der Waals surface area contributed by atoms with E-state index in [9.17, 15) is 9.59 Å². The van der Waals surface area contributed by atoms with E-state index in [2.05, 4.69) is 15.3 Å². The summed E-state index contributed by atoms with van der Waals surface area (Å²) < 4.78 is 0. The number of hydrogen-bond acceptors (Lipinski definition) is 5. The maximum absolute atomic E-state index is 11.6. The Balaban J connectivity index is 2.70. The van der Waals surface area contributed by atoms with Gasteiger partial charge in [0.05, 0.1) is 22.3 Å². The summed E-state index contributed by atoms with van der Waals surface area (Å²) in [7, 11) is 0. The lowest BCUT2D eigenvalue weighted by atomic mass is 10.3. The zero-order valence-corrected chi connectivity index (χ0v) is 12.5. The summed E-state index contributed by atoms with van der Waals surface area (Å²) in [6, 6.07) is 2.94. The van der Waals surface area contributed by atoms with Crippen molar-refractivity contribution in [3.05, 3.63) is 27.2 Å². The monoisotopic (exact) mass is 337 g/mol. The standard InChI is InChI=1S/C11H10Cl3N3O3/c1-5(18)20-17-11(15)9(19)4-16-10-7(13)2-6(12)3-8(10)14/h2-3,16H,4H2,1H3,(H2,15,17). The zero-order chi connectivity index (χ0) is 15.3. The lowest BCUT2D eigenvalue weighted by molar-refractivity contribution is -0.140. The Bertz CT molecular complexity index is 552. The number of carbonyl (C=O) groups is 2. The third kappa shape index (κ3) is 4.88. The fourth-order valence-electron chi connectivity index (χ4n) is 1.13. The van der Waals surface area contributed by atoms with Gasteiger partial charge in [0.25, 0.3) is 0 Å². The van der Waals surface area contributed by atoms with Gasteiger partial charge in [-0.3, -0.25) is 4.79 Å². The molecular weight excluding hydrogens is 328 g/mol. The highest BCUT2D eigenvalue weighted by atomic mass is 35.5. The van der Waals surface area contributed by atoms with Crippen molar-refractivity contribution in [2.75, 3.05) is 11.9 Å². The molecule has 0 bridgehead atoms. The summed E-state index contributed by atoms with van der Waals surface area (Å²) in [5.41, 5.74) is 5.67. The molecule has 0 spiro atoms. The van der Waals surface area contributed by atoms with Gasteiger partial charge in [-0.2, -0.15) is 0 Å². The Morgan fingerprint density at radius 2 is 1.85 bits per heavy atom. The predicted molar refractivity (Wildman–Crippen MR) is 78.4 cm³/mol. The van der Waals surface area contributed by atoms with E-state index in [1.165, 1.54) is 12.1 Å². The highest BCUT2D eigenvalue weighted by Crippen LogP contribution is 2.33. The molecule has 0 saturated heterocycles. The van der Waals surface area contributed by atoms with Crippen molar-refractivity contribution in [2.45, 2.75) is 6.92 Å². The van der Waals surface area contributed by atoms with Crippen LogP contribution in [-0.4, -0.2) is 24.1 Å². The number of oxime groups is 1. The quantitative estimate of drug-likeness (QED) is 0.372. The number of carbonyl (C=O) groups excluding carboxylic acids is 2. The Morgan fingerprint density at radius 3 is 2.35 bits per heavy atom. The SMILES string of the molecule is CC(=O)O/N=C(\N)C(=O)CNc1c(Cl)cc(Cl)cc1Cl. The number of Topliss-reactive ketones (excluding diaryl/α,β-unsaturated/α-hetero) is 1. The topological polar surface area (TPSA) is 93.8 Å². The van der Waals surface area contributed by atoms with Crippen molar-refractivity contribution in [2.24, 2.45) is 10.9 Å². The summed E-state index contributed by atoms with van der Waals surface area (Å²) in [6.07, 6.45) is 0. The summed E-state index contributed by atoms with van der Waals surface area (Å²) in [4.78, 5) is 26.4. The van der Waals surface area contributed by atoms with Gasteiger partial charge in [-0.05, 0) is 12.1 Å². The highest BCUT2D eigenvalue weighted by molar-refractivity contribution is 6.42. The summed E-state index contributed by atoms with van der Waals surface area (Å²) in [5, 5.41) is 6.75. The largest absolute Gasteiger partial charge is 0.378 e. The molecule has 0 aromatic heterocycles. The molecule has 9 heteroatoms. The van der Waals surface area contributed by atoms with E-state index in [0.717, 1.165) is 6.92 Å². The number of amidine groups is 1. The van der Waals surface area contributed by atoms with Gasteiger partial charge < -0.3 is 15.9 Å². The van der Waals surface area contributed by atoms with Crippen LogP contribution in [0, 0.1) is 0 Å². The van der Waals surface area contributed by atoms with Crippen molar-refractivity contribution in [1.82, 2.24) is 0 Å². The molecule has 1 rings (SSSR count). The number of anilines is 1. The molecule has 0 unspecified atom stereocenters. The molecule has 20 heavy (non-hydrogen) atoms. The molecule has 1 aromatic rings. The van der Waals surface area contributed by atoms with Crippen LogP contribution in [0.2, 0.25) is 15.1 Å². The number of hydrogen-bond donors (Lipinski definition) is 2. The maximum atomic E-state index is 11.6. The van der Waals surface area contributed by atoms with Crippen molar-refractivity contribution < 1.29 is 14.4 Å². The van der Waals surface area contributed by atoms with Gasteiger partial charge in [-0.15, -0.1) is 0 Å². The van der Waals surface area contributed by atoms with E-state index in [-0.39, 0.29) is 16.6 Å². The maximum Gasteiger partial charge on any atom is 0.332 e. The molecule has 0 aliphatic rings. The van der Waals surface area contributed by atoms with Crippen LogP contribution in [0.4, 0.5) is 5.69 Å². The van der Waals surface area contributed by atoms with Crippen LogP contribution >= 0.6 is 34.8 Å². The van der Waals surface area contributed by atoms with Crippen LogP contribution in [0.1, 0.15) is 6.92 Å². The second kappa shape index (κ2) is 7.33. The van der Waals surface area contributed by atoms with E-state index in [4.69, 9.17) is 40.5 Å². The molecule has 0 aliphatic heterocycles. The van der Waals surface area contributed by atoms with E-state index >= 15 is 0 Å². The second-order valence-corrected chi connectivity index (χ2v) is 4.83. The number of ketones is 1. The molecule has 0 atom stereocenters. The summed E-state index contributed by atoms with van der Waals surface area (Å²) in [6.45, 7) is 0.907. The summed E-state index contributed by atoms with van der Waals surface area (Å²) in [5.74, 6) is -1.72. The van der Waals surface area contributed by atoms with Crippen molar-refractivity contribution in [1.29, 1.82) is 0 Å². The normalized spacial score (nSPS) is 11.1. The third-order valence-corrected chi connectivity index (χ3v) is 2.81. The van der Waals surface area contributed by atoms with Gasteiger partial charge in [0.15, 0.2) is 0 Å². The average Bonchev–Trinajstić information content (AvgIpc) is 2.34. The van der Waals surface area contributed by atoms with Crippen molar-refractivity contribution in [3.63, 3.8) is 0 Å². The number of benzene rings is 1. The fourth-order valence-corrected chi connectivity index (χ4v) is 2.09. The number of nitrogens with zero attached hydrogens (tertiary/aromatic N) is 1. The van der Waals surface area contributed by atoms with Gasteiger partial charge in [0.1, 0.15) is 0 Å². The molecule has 0 saturated carbocycles. The predicted octanol–water partition coefficient (Wildman–Crippen LogP) is 2.46. The van der Waals surface area contributed by atoms with Crippen LogP contribution in [0.3, 0.4) is 0 Å². The van der Waals surface area contributed by atoms with Crippen LogP contribution in [0.5, 0.6) is 0 Å². The van der Waals surface area contributed by atoms with E-state index in [1.807, 2.05) is 0 Å². The second-order valence-electron chi connectivity index (χ2n) is 3.58. The van der Waals surface area contributed by atoms with Crippen LogP contribution < -0.4 is 11.1 Å². The Kier molecular flexibility index (Phi) is 6.06. The van der Waals surface area contributed by atoms with Crippen LogP contribution in [0.25, 0.3) is 0 Å². The number of nitrogens with two attached hydrogens (primary N) is 1. The van der Waals surface area contributed by atoms with Crippen LogP contribution in [-0.2, 0) is 14.4 Å². The third-order valence-electron chi connectivity index (χ3n) is 1.99. The van der Waals surface area contributed by atoms with E-state index in [0.29, 0.717) is 10.7 Å². The molecule has 0 radical (unpaired) electrons. The van der Waals surface area contributed by atoms with Crippen molar-refractivity contribution >= 4 is 58.1 Å². The lowest BCUT2D eigenvalue weighted by Crippen LogP contribution is -2.30. The van der Waals surface area contributed by atoms with E-state index in [1.54, 1.807) is 0 Å². The number of nitrogens with one attached hydrogen (secondary N) is 1. The van der Waals surface area contributed by atoms with Gasteiger partial charge in [-0.1, -0.05) is 40.0 Å². The van der Waals surface area contributed by atoms with E-state index < -0.39 is 17.6 Å². The molecule has 1 aromatic carbocycles. The van der Waals surface area contributed by atoms with Crippen molar-refractivity contribution in [3.8, 4) is 0 Å². The zero-order valence-electron chi connectivity index (χ0n) is 10.2. The number of halogens is 3. The Hall–Kier alpha value is -1.50. The highest BCUT2D eigenvalue weighted by Gasteiger charge is 2.12. The molecule has 0 aliphatic carbocycles. The first-order valence-corrected chi connectivity index (χ1v) is 6.37. The van der Waals surface area contributed by atoms with Crippen LogP contribution in [0.15, 0.2) is 17.3 Å². The van der Waals surface area contributed by atoms with Gasteiger partial charge in [0.2, 0.25) is 11.6 Å². The molecule has 108 valence electrons. The first-order chi connectivity index (χ1) is 9.31. The van der Waals surface area contributed by atoms with Gasteiger partial charge in [-0.25, -0.2) is 4.79 Å². The van der Waals surface area contributed by atoms with Gasteiger partial charge in [0, 0.05) is 11.9 Å². The van der Waals surface area contributed by atoms with Gasteiger partial charge >= 0.3 is 5.97 Å². The smallest absolute Gasteiger partial charge is 0.332 e. The lowest BCUT2D eigenvalue weighted by Gasteiger charge is -2.09. The Morgan fingerprint density at radius 1 is 1.30 bits per heavy atom. The first kappa shape index (κ1) is 16.6. The molecule has 0 heterocycles. The number of rotatable bonds is 5. The fraction of sp³-hybridized carbons (Fsp3) is 0.182. The molecule has 0 amide bonds. The first-order valence-electron chi connectivity index (χ1n) is 5.24. The minimum absolute atomic E-state index is 0.225. The average molecular weight is 339 g/mol. The minimum Gasteiger partial charge on any atom is -0.378 e. The molecule has 3 N–H and O–H groups in total.